The second-order valence-electron chi connectivity index (χ2n) is 5.61. The van der Waals surface area contributed by atoms with Crippen LogP contribution in [0.25, 0.3) is 0 Å². The van der Waals surface area contributed by atoms with Gasteiger partial charge in [-0.1, -0.05) is 30.3 Å². The SMILES string of the molecule is O=C1CC2COCCN2C(=O)[C@@H](CCc2ccccc2)N1. The monoisotopic (exact) mass is 288 g/mol. The lowest BCUT2D eigenvalue weighted by Gasteiger charge is -2.34. The Morgan fingerprint density at radius 1 is 1.24 bits per heavy atom. The van der Waals surface area contributed by atoms with Crippen molar-refractivity contribution in [3.8, 4) is 0 Å². The molecule has 1 N–H and O–H groups in total. The summed E-state index contributed by atoms with van der Waals surface area (Å²) in [6, 6.07) is 9.51. The number of carbonyl (C=O) groups excluding carboxylic acids is 2. The number of rotatable bonds is 3. The highest BCUT2D eigenvalue weighted by atomic mass is 16.5. The maximum Gasteiger partial charge on any atom is 0.245 e. The van der Waals surface area contributed by atoms with Gasteiger partial charge < -0.3 is 15.0 Å². The van der Waals surface area contributed by atoms with Crippen LogP contribution in [0.3, 0.4) is 0 Å². The van der Waals surface area contributed by atoms with Crippen LogP contribution in [0.4, 0.5) is 0 Å². The molecule has 2 atom stereocenters. The third kappa shape index (κ3) is 3.24. The van der Waals surface area contributed by atoms with E-state index in [-0.39, 0.29) is 17.9 Å². The summed E-state index contributed by atoms with van der Waals surface area (Å²) in [6.45, 7) is 1.60. The van der Waals surface area contributed by atoms with Crippen LogP contribution >= 0.6 is 0 Å². The van der Waals surface area contributed by atoms with Crippen molar-refractivity contribution in [3.05, 3.63) is 35.9 Å². The van der Waals surface area contributed by atoms with Crippen LogP contribution in [0.5, 0.6) is 0 Å². The minimum atomic E-state index is -0.416. The molecule has 5 heteroatoms. The average molecular weight is 288 g/mol. The van der Waals surface area contributed by atoms with Crippen molar-refractivity contribution in [3.63, 3.8) is 0 Å². The number of aryl methyl sites for hydroxylation is 1. The number of hydrogen-bond acceptors (Lipinski definition) is 3. The van der Waals surface area contributed by atoms with E-state index in [4.69, 9.17) is 4.74 Å². The molecule has 0 bridgehead atoms. The lowest BCUT2D eigenvalue weighted by Crippen LogP contribution is -2.51. The molecule has 2 heterocycles. The van der Waals surface area contributed by atoms with Gasteiger partial charge in [-0.2, -0.15) is 0 Å². The first-order chi connectivity index (χ1) is 10.2. The molecule has 2 aliphatic rings. The van der Waals surface area contributed by atoms with Crippen LogP contribution in [0.1, 0.15) is 18.4 Å². The zero-order valence-electron chi connectivity index (χ0n) is 12.0. The summed E-state index contributed by atoms with van der Waals surface area (Å²) in [5.74, 6) is -0.0236. The molecule has 2 amide bonds. The number of hydrogen-bond donors (Lipinski definition) is 1. The van der Waals surface area contributed by atoms with Crippen molar-refractivity contribution < 1.29 is 14.3 Å². The quantitative estimate of drug-likeness (QED) is 0.892. The standard InChI is InChI=1S/C16H20N2O3/c19-15-10-13-11-21-9-8-18(13)16(20)14(17-15)7-6-12-4-2-1-3-5-12/h1-5,13-14H,6-11H2,(H,17,19)/t13?,14-/m1/s1. The van der Waals surface area contributed by atoms with Crippen molar-refractivity contribution >= 4 is 11.8 Å². The number of nitrogens with one attached hydrogen (secondary N) is 1. The van der Waals surface area contributed by atoms with Gasteiger partial charge in [-0.15, -0.1) is 0 Å². The summed E-state index contributed by atoms with van der Waals surface area (Å²) in [4.78, 5) is 26.4. The fourth-order valence-electron chi connectivity index (χ4n) is 2.99. The number of fused-ring (bicyclic) bond motifs is 1. The zero-order chi connectivity index (χ0) is 14.7. The Morgan fingerprint density at radius 3 is 2.86 bits per heavy atom. The Kier molecular flexibility index (Phi) is 4.20. The largest absolute Gasteiger partial charge is 0.377 e. The van der Waals surface area contributed by atoms with Crippen LogP contribution in [-0.4, -0.2) is 48.6 Å². The molecule has 2 saturated heterocycles. The Morgan fingerprint density at radius 2 is 2.05 bits per heavy atom. The summed E-state index contributed by atoms with van der Waals surface area (Å²) in [7, 11) is 0. The Balaban J connectivity index is 1.68. The Hall–Kier alpha value is -1.88. The van der Waals surface area contributed by atoms with Crippen LogP contribution in [0.15, 0.2) is 30.3 Å². The molecule has 0 radical (unpaired) electrons. The number of morpholine rings is 1. The van der Waals surface area contributed by atoms with E-state index in [9.17, 15) is 9.59 Å². The predicted molar refractivity (Wildman–Crippen MR) is 77.6 cm³/mol. The molecule has 5 nitrogen and oxygen atoms in total. The van der Waals surface area contributed by atoms with Crippen molar-refractivity contribution in [1.29, 1.82) is 0 Å². The van der Waals surface area contributed by atoms with Crippen molar-refractivity contribution in [2.45, 2.75) is 31.3 Å². The highest BCUT2D eigenvalue weighted by Gasteiger charge is 2.37. The molecule has 112 valence electrons. The molecular formula is C16H20N2O3. The summed E-state index contributed by atoms with van der Waals surface area (Å²) < 4.78 is 5.38. The lowest BCUT2D eigenvalue weighted by atomic mass is 10.0. The van der Waals surface area contributed by atoms with Gasteiger partial charge in [0.05, 0.1) is 19.3 Å². The van der Waals surface area contributed by atoms with Crippen LogP contribution < -0.4 is 5.32 Å². The number of carbonyl (C=O) groups is 2. The number of amides is 2. The predicted octanol–water partition coefficient (Wildman–Crippen LogP) is 0.735. The van der Waals surface area contributed by atoms with Crippen molar-refractivity contribution in [2.24, 2.45) is 0 Å². The maximum atomic E-state index is 12.6. The van der Waals surface area contributed by atoms with Gasteiger partial charge in [0.25, 0.3) is 0 Å². The van der Waals surface area contributed by atoms with Gasteiger partial charge in [0, 0.05) is 13.0 Å². The molecule has 1 unspecified atom stereocenters. The second-order valence-corrected chi connectivity index (χ2v) is 5.61. The van der Waals surface area contributed by atoms with E-state index in [0.29, 0.717) is 32.6 Å². The molecule has 0 aliphatic carbocycles. The van der Waals surface area contributed by atoms with E-state index < -0.39 is 6.04 Å². The van der Waals surface area contributed by atoms with Gasteiger partial charge in [-0.05, 0) is 18.4 Å². The molecule has 0 spiro atoms. The molecule has 0 aromatic heterocycles. The maximum absolute atomic E-state index is 12.6. The molecule has 3 rings (SSSR count). The normalized spacial score (nSPS) is 26.0. The number of benzene rings is 1. The zero-order valence-corrected chi connectivity index (χ0v) is 12.0. The molecule has 1 aromatic rings. The van der Waals surface area contributed by atoms with Crippen LogP contribution in [0, 0.1) is 0 Å². The Bertz CT molecular complexity index is 518. The molecule has 21 heavy (non-hydrogen) atoms. The molecule has 0 saturated carbocycles. The van der Waals surface area contributed by atoms with Crippen LogP contribution in [-0.2, 0) is 20.7 Å². The van der Waals surface area contributed by atoms with Gasteiger partial charge in [-0.25, -0.2) is 0 Å². The van der Waals surface area contributed by atoms with Gasteiger partial charge >= 0.3 is 0 Å². The van der Waals surface area contributed by atoms with Gasteiger partial charge in [0.2, 0.25) is 11.8 Å². The summed E-state index contributed by atoms with van der Waals surface area (Å²) in [5.41, 5.74) is 1.18. The second kappa shape index (κ2) is 6.26. The first kappa shape index (κ1) is 14.1. The number of ether oxygens (including phenoxy) is 1. The minimum Gasteiger partial charge on any atom is -0.377 e. The van der Waals surface area contributed by atoms with Gasteiger partial charge in [0.1, 0.15) is 6.04 Å². The molecule has 1 aromatic carbocycles. The lowest BCUT2D eigenvalue weighted by molar-refractivity contribution is -0.140. The third-order valence-electron chi connectivity index (χ3n) is 4.13. The van der Waals surface area contributed by atoms with E-state index in [0.717, 1.165) is 6.42 Å². The summed E-state index contributed by atoms with van der Waals surface area (Å²) in [6.07, 6.45) is 1.76. The molecule has 2 fully saturated rings. The topological polar surface area (TPSA) is 58.6 Å². The Labute approximate surface area is 124 Å². The minimum absolute atomic E-state index is 0.0325. The van der Waals surface area contributed by atoms with E-state index in [1.807, 2.05) is 35.2 Å². The first-order valence-electron chi connectivity index (χ1n) is 7.45. The molecular weight excluding hydrogens is 268 g/mol. The third-order valence-corrected chi connectivity index (χ3v) is 4.13. The highest BCUT2D eigenvalue weighted by molar-refractivity contribution is 5.90. The summed E-state index contributed by atoms with van der Waals surface area (Å²) in [5, 5.41) is 2.87. The van der Waals surface area contributed by atoms with Crippen molar-refractivity contribution in [1.82, 2.24) is 10.2 Å². The van der Waals surface area contributed by atoms with Gasteiger partial charge in [-0.3, -0.25) is 9.59 Å². The average Bonchev–Trinajstić information content (AvgIpc) is 2.63. The first-order valence-corrected chi connectivity index (χ1v) is 7.45. The van der Waals surface area contributed by atoms with E-state index in [1.54, 1.807) is 0 Å². The highest BCUT2D eigenvalue weighted by Crippen LogP contribution is 2.18. The van der Waals surface area contributed by atoms with E-state index in [1.165, 1.54) is 5.56 Å². The fourth-order valence-corrected chi connectivity index (χ4v) is 2.99. The van der Waals surface area contributed by atoms with Crippen LogP contribution in [0.2, 0.25) is 0 Å². The summed E-state index contributed by atoms with van der Waals surface area (Å²) >= 11 is 0. The smallest absolute Gasteiger partial charge is 0.245 e. The van der Waals surface area contributed by atoms with Crippen molar-refractivity contribution in [2.75, 3.05) is 19.8 Å². The van der Waals surface area contributed by atoms with Gasteiger partial charge in [0.15, 0.2) is 0 Å². The molecule has 2 aliphatic heterocycles. The van der Waals surface area contributed by atoms with E-state index >= 15 is 0 Å². The van der Waals surface area contributed by atoms with E-state index in [2.05, 4.69) is 5.32 Å². The fraction of sp³-hybridized carbons (Fsp3) is 0.500. The number of nitrogens with zero attached hydrogens (tertiary/aromatic N) is 1.